The van der Waals surface area contributed by atoms with E-state index in [9.17, 15) is 5.11 Å². The van der Waals surface area contributed by atoms with Crippen molar-refractivity contribution in [3.63, 3.8) is 0 Å². The van der Waals surface area contributed by atoms with Gasteiger partial charge in [-0.05, 0) is 31.4 Å². The van der Waals surface area contributed by atoms with Gasteiger partial charge in [0.25, 0.3) is 0 Å². The minimum absolute atomic E-state index is 0.00954. The number of hydrogen-bond donors (Lipinski definition) is 2. The summed E-state index contributed by atoms with van der Waals surface area (Å²) in [7, 11) is 2.19. The molecule has 3 nitrogen and oxygen atoms in total. The molecule has 1 heterocycles. The molecule has 2 unspecified atom stereocenters. The molecule has 0 amide bonds. The molecule has 1 aliphatic rings. The number of nitrogens with zero attached hydrogens (tertiary/aromatic N) is 1. The van der Waals surface area contributed by atoms with E-state index in [0.717, 1.165) is 10.8 Å². The molecule has 25 heavy (non-hydrogen) atoms. The number of aromatic hydroxyl groups is 1. The monoisotopic (exact) mass is 331 g/mol. The fourth-order valence-corrected chi connectivity index (χ4v) is 4.09. The Labute approximate surface area is 148 Å². The fourth-order valence-electron chi connectivity index (χ4n) is 4.09. The molecule has 0 fully saturated rings. The first-order valence-electron chi connectivity index (χ1n) is 8.68. The van der Waals surface area contributed by atoms with E-state index >= 15 is 0 Å². The number of benzene rings is 3. The van der Waals surface area contributed by atoms with Gasteiger partial charge in [0.2, 0.25) is 0 Å². The van der Waals surface area contributed by atoms with Crippen LogP contribution in [0.5, 0.6) is 5.75 Å². The van der Waals surface area contributed by atoms with Crippen molar-refractivity contribution >= 4 is 28.4 Å². The Morgan fingerprint density at radius 3 is 2.52 bits per heavy atom. The highest BCUT2D eigenvalue weighted by Crippen LogP contribution is 2.37. The highest BCUT2D eigenvalue weighted by Gasteiger charge is 2.46. The van der Waals surface area contributed by atoms with Gasteiger partial charge in [0.1, 0.15) is 23.2 Å². The molecule has 0 saturated heterocycles. The van der Waals surface area contributed by atoms with E-state index in [2.05, 4.69) is 45.2 Å². The van der Waals surface area contributed by atoms with E-state index in [4.69, 9.17) is 4.99 Å². The second-order valence-corrected chi connectivity index (χ2v) is 7.36. The molecule has 126 valence electrons. The number of fused-ring (bicyclic) bond motifs is 2. The molecule has 0 radical (unpaired) electrons. The average Bonchev–Trinajstić information content (AvgIpc) is 2.81. The van der Waals surface area contributed by atoms with Crippen molar-refractivity contribution in [1.82, 2.24) is 0 Å². The van der Waals surface area contributed by atoms with E-state index in [0.29, 0.717) is 5.69 Å². The third-order valence-electron chi connectivity index (χ3n) is 5.52. The van der Waals surface area contributed by atoms with Gasteiger partial charge in [-0.15, -0.1) is 0 Å². The number of quaternary nitrogens is 1. The maximum Gasteiger partial charge on any atom is 0.141 e. The van der Waals surface area contributed by atoms with Crippen LogP contribution in [0.3, 0.4) is 0 Å². The quantitative estimate of drug-likeness (QED) is 0.690. The van der Waals surface area contributed by atoms with Crippen LogP contribution < -0.4 is 4.90 Å². The number of phenols is 1. The Kier molecular flexibility index (Phi) is 3.62. The number of phenolic OH excluding ortho intramolecular Hbond substituents is 1. The van der Waals surface area contributed by atoms with Gasteiger partial charge in [-0.3, -0.25) is 9.89 Å². The van der Waals surface area contributed by atoms with Gasteiger partial charge in [-0.25, -0.2) is 0 Å². The van der Waals surface area contributed by atoms with Gasteiger partial charge in [0, 0.05) is 10.9 Å². The molecule has 0 aliphatic carbocycles. The lowest BCUT2D eigenvalue weighted by atomic mass is 9.81. The van der Waals surface area contributed by atoms with Gasteiger partial charge >= 0.3 is 0 Å². The topological polar surface area (TPSA) is 37.0 Å². The van der Waals surface area contributed by atoms with Gasteiger partial charge < -0.3 is 5.11 Å². The molecule has 0 aromatic heterocycles. The summed E-state index contributed by atoms with van der Waals surface area (Å²) >= 11 is 0. The zero-order valence-electron chi connectivity index (χ0n) is 14.8. The number of likely N-dealkylation sites (N-methyl/N-ethyl adjacent to an activating group) is 1. The molecule has 1 aliphatic heterocycles. The summed E-state index contributed by atoms with van der Waals surface area (Å²) in [6.07, 6.45) is 2.01. The second-order valence-electron chi connectivity index (χ2n) is 7.36. The van der Waals surface area contributed by atoms with Crippen LogP contribution in [0.1, 0.15) is 19.4 Å². The van der Waals surface area contributed by atoms with Crippen LogP contribution in [0, 0.1) is 0 Å². The molecule has 3 heteroatoms. The fraction of sp³-hybridized carbons (Fsp3) is 0.227. The maximum atomic E-state index is 10.3. The molecule has 0 saturated carbocycles. The molecular formula is C22H23N2O+. The Balaban J connectivity index is 1.78. The Hall–Kier alpha value is -2.65. The van der Waals surface area contributed by atoms with Gasteiger partial charge in [0.05, 0.1) is 18.7 Å². The zero-order chi connectivity index (χ0) is 17.6. The van der Waals surface area contributed by atoms with Crippen molar-refractivity contribution in [2.24, 2.45) is 4.99 Å². The summed E-state index contributed by atoms with van der Waals surface area (Å²) in [5.41, 5.74) is 3.33. The predicted octanol–water partition coefficient (Wildman–Crippen LogP) is 3.75. The summed E-state index contributed by atoms with van der Waals surface area (Å²) in [5, 5.41) is 12.4. The number of para-hydroxylation sites is 1. The summed E-state index contributed by atoms with van der Waals surface area (Å²) in [6, 6.07) is 20.5. The van der Waals surface area contributed by atoms with Crippen molar-refractivity contribution in [2.75, 3.05) is 7.05 Å². The molecule has 3 aromatic carbocycles. The van der Waals surface area contributed by atoms with E-state index in [1.807, 2.05) is 36.5 Å². The summed E-state index contributed by atoms with van der Waals surface area (Å²) in [4.78, 5) is 6.09. The van der Waals surface area contributed by atoms with Crippen LogP contribution in [0.15, 0.2) is 65.7 Å². The molecule has 0 spiro atoms. The number of rotatable bonds is 2. The largest absolute Gasteiger partial charge is 0.506 e. The highest BCUT2D eigenvalue weighted by atomic mass is 16.3. The van der Waals surface area contributed by atoms with Crippen molar-refractivity contribution in [3.8, 4) is 5.75 Å². The maximum absolute atomic E-state index is 10.3. The Morgan fingerprint density at radius 2 is 1.72 bits per heavy atom. The zero-order valence-corrected chi connectivity index (χ0v) is 14.8. The molecule has 2 atom stereocenters. The highest BCUT2D eigenvalue weighted by molar-refractivity contribution is 5.96. The molecule has 0 bridgehead atoms. The first kappa shape index (κ1) is 15.9. The number of nitrogens with one attached hydrogen (secondary N) is 1. The van der Waals surface area contributed by atoms with Crippen LogP contribution >= 0.6 is 0 Å². The SMILES string of the molecule is C[NH+]1c2ccccc2C(C)(C)C1C=Nc1c(O)ccc2ccccc12. The Morgan fingerprint density at radius 1 is 1.00 bits per heavy atom. The minimum Gasteiger partial charge on any atom is -0.506 e. The van der Waals surface area contributed by atoms with Crippen molar-refractivity contribution in [3.05, 3.63) is 66.2 Å². The molecule has 3 aromatic rings. The lowest BCUT2D eigenvalue weighted by Crippen LogP contribution is -3.08. The predicted molar refractivity (Wildman–Crippen MR) is 104 cm³/mol. The van der Waals surface area contributed by atoms with Crippen LogP contribution in [-0.4, -0.2) is 24.4 Å². The molecule has 2 N–H and O–H groups in total. The first-order chi connectivity index (χ1) is 12.0. The molecular weight excluding hydrogens is 308 g/mol. The van der Waals surface area contributed by atoms with Gasteiger partial charge in [-0.2, -0.15) is 0 Å². The van der Waals surface area contributed by atoms with E-state index in [1.165, 1.54) is 16.2 Å². The number of aliphatic imine (C=N–C) groups is 1. The van der Waals surface area contributed by atoms with Crippen LogP contribution in [0.2, 0.25) is 0 Å². The second kappa shape index (κ2) is 5.71. The summed E-state index contributed by atoms with van der Waals surface area (Å²) < 4.78 is 0. The van der Waals surface area contributed by atoms with E-state index < -0.39 is 0 Å². The van der Waals surface area contributed by atoms with Gasteiger partial charge in [0.15, 0.2) is 0 Å². The van der Waals surface area contributed by atoms with Gasteiger partial charge in [-0.1, -0.05) is 48.5 Å². The third-order valence-corrected chi connectivity index (χ3v) is 5.52. The smallest absolute Gasteiger partial charge is 0.141 e. The summed E-state index contributed by atoms with van der Waals surface area (Å²) in [6.45, 7) is 4.53. The van der Waals surface area contributed by atoms with E-state index in [1.54, 1.807) is 6.07 Å². The lowest BCUT2D eigenvalue weighted by molar-refractivity contribution is -0.823. The van der Waals surface area contributed by atoms with Crippen LogP contribution in [-0.2, 0) is 5.41 Å². The van der Waals surface area contributed by atoms with Crippen molar-refractivity contribution in [2.45, 2.75) is 25.3 Å². The van der Waals surface area contributed by atoms with Crippen LogP contribution in [0.4, 0.5) is 11.4 Å². The Bertz CT molecular complexity index is 975. The van der Waals surface area contributed by atoms with Crippen molar-refractivity contribution in [1.29, 1.82) is 0 Å². The van der Waals surface area contributed by atoms with Crippen LogP contribution in [0.25, 0.3) is 10.8 Å². The lowest BCUT2D eigenvalue weighted by Gasteiger charge is -2.24. The minimum atomic E-state index is -0.00954. The molecule has 4 rings (SSSR count). The third kappa shape index (κ3) is 2.43. The number of hydrogen-bond acceptors (Lipinski definition) is 2. The normalized spacial score (nSPS) is 21.7. The van der Waals surface area contributed by atoms with E-state index in [-0.39, 0.29) is 17.2 Å². The first-order valence-corrected chi connectivity index (χ1v) is 8.68. The van der Waals surface area contributed by atoms with Crippen molar-refractivity contribution < 1.29 is 10.0 Å². The standard InChI is InChI=1S/C22H22N2O/c1-22(2)17-10-6-7-11-18(17)24(3)20(22)14-23-21-16-9-5-4-8-15(16)12-13-19(21)25/h4-14,20,25H,1-3H3/p+1. The summed E-state index contributed by atoms with van der Waals surface area (Å²) in [5.74, 6) is 0.223. The average molecular weight is 331 g/mol.